The molecule has 0 aromatic carbocycles. The highest BCUT2D eigenvalue weighted by molar-refractivity contribution is 7.85. The van der Waals surface area contributed by atoms with Crippen LogP contribution in [-0.4, -0.2) is 22.6 Å². The molecule has 0 bridgehead atoms. The number of unbranched alkanes of at least 4 members (excludes halogenated alkanes) is 3. The van der Waals surface area contributed by atoms with E-state index in [0.29, 0.717) is 12.1 Å². The lowest BCUT2D eigenvalue weighted by Gasteiger charge is -2.13. The molecule has 0 amide bonds. The van der Waals surface area contributed by atoms with Crippen molar-refractivity contribution < 1.29 is 18.1 Å². The minimum Gasteiger partial charge on any atom is -0.494 e. The van der Waals surface area contributed by atoms with Crippen molar-refractivity contribution in [3.63, 3.8) is 0 Å². The van der Waals surface area contributed by atoms with Gasteiger partial charge in [0, 0.05) is 18.2 Å². The third-order valence-electron chi connectivity index (χ3n) is 3.17. The molecule has 0 radical (unpaired) electrons. The summed E-state index contributed by atoms with van der Waals surface area (Å²) in [7, 11) is -4.26. The van der Waals surface area contributed by atoms with Crippen molar-refractivity contribution in [1.82, 2.24) is 4.57 Å². The van der Waals surface area contributed by atoms with Gasteiger partial charge >= 0.3 is 0 Å². The number of hydrogen-bond donors (Lipinski definition) is 2. The van der Waals surface area contributed by atoms with Gasteiger partial charge in [-0.3, -0.25) is 13.9 Å². The van der Waals surface area contributed by atoms with E-state index in [0.717, 1.165) is 30.3 Å². The van der Waals surface area contributed by atoms with Crippen LogP contribution in [-0.2, 0) is 22.4 Å². The maximum Gasteiger partial charge on any atom is 0.269 e. The minimum absolute atomic E-state index is 0.0718. The highest BCUT2D eigenvalue weighted by Gasteiger charge is 2.17. The summed E-state index contributed by atoms with van der Waals surface area (Å²) in [5.41, 5.74) is 0.0631. The van der Waals surface area contributed by atoms with Crippen LogP contribution in [0.25, 0.3) is 0 Å². The van der Waals surface area contributed by atoms with Gasteiger partial charge in [0.1, 0.15) is 5.75 Å². The number of pyridine rings is 1. The van der Waals surface area contributed by atoms with Gasteiger partial charge in [-0.2, -0.15) is 8.42 Å². The Bertz CT molecular complexity index is 618. The first-order chi connectivity index (χ1) is 9.26. The van der Waals surface area contributed by atoms with Crippen molar-refractivity contribution >= 4 is 10.1 Å². The lowest BCUT2D eigenvalue weighted by molar-refractivity contribution is 0.392. The van der Waals surface area contributed by atoms with E-state index >= 15 is 0 Å². The Balaban J connectivity index is 3.06. The smallest absolute Gasteiger partial charge is 0.269 e. The van der Waals surface area contributed by atoms with Crippen LogP contribution in [0, 0.1) is 6.92 Å². The van der Waals surface area contributed by atoms with Crippen LogP contribution in [0.2, 0.25) is 0 Å². The Labute approximate surface area is 118 Å². The second kappa shape index (κ2) is 6.90. The molecule has 20 heavy (non-hydrogen) atoms. The highest BCUT2D eigenvalue weighted by atomic mass is 32.2. The molecule has 6 nitrogen and oxygen atoms in total. The zero-order chi connectivity index (χ0) is 15.3. The molecule has 7 heteroatoms. The van der Waals surface area contributed by atoms with E-state index in [4.69, 9.17) is 4.55 Å². The molecule has 2 N–H and O–H groups in total. The fraction of sp³-hybridized carbons (Fsp3) is 0.615. The van der Waals surface area contributed by atoms with E-state index in [1.54, 1.807) is 0 Å². The van der Waals surface area contributed by atoms with Crippen molar-refractivity contribution in [3.8, 4) is 5.88 Å². The number of nitrogens with zero attached hydrogens (tertiary/aromatic N) is 1. The van der Waals surface area contributed by atoms with E-state index in [1.807, 2.05) is 0 Å². The van der Waals surface area contributed by atoms with Gasteiger partial charge in [-0.05, 0) is 18.9 Å². The predicted octanol–water partition coefficient (Wildman–Crippen LogP) is 1.83. The SMILES string of the molecule is CCCCCCn1c(O)c(CS(=O)(=O)O)c(C)cc1=O. The number of aryl methyl sites for hydroxylation is 1. The van der Waals surface area contributed by atoms with Crippen LogP contribution in [0.1, 0.15) is 43.7 Å². The van der Waals surface area contributed by atoms with Gasteiger partial charge in [-0.1, -0.05) is 26.2 Å². The average molecular weight is 303 g/mol. The molecule has 0 fully saturated rings. The van der Waals surface area contributed by atoms with Gasteiger partial charge in [0.15, 0.2) is 5.88 Å². The van der Waals surface area contributed by atoms with Crippen LogP contribution in [0.5, 0.6) is 5.88 Å². The first kappa shape index (κ1) is 16.7. The second-order valence-electron chi connectivity index (χ2n) is 4.91. The third-order valence-corrected chi connectivity index (χ3v) is 3.82. The molecule has 1 rings (SSSR count). The first-order valence-corrected chi connectivity index (χ1v) is 8.24. The Morgan fingerprint density at radius 2 is 1.90 bits per heavy atom. The van der Waals surface area contributed by atoms with Crippen molar-refractivity contribution in [1.29, 1.82) is 0 Å². The fourth-order valence-electron chi connectivity index (χ4n) is 2.07. The summed E-state index contributed by atoms with van der Waals surface area (Å²) in [4.78, 5) is 11.8. The molecule has 0 aliphatic carbocycles. The number of rotatable bonds is 7. The predicted molar refractivity (Wildman–Crippen MR) is 76.5 cm³/mol. The number of aromatic nitrogens is 1. The lowest BCUT2D eigenvalue weighted by Crippen LogP contribution is -2.22. The molecule has 114 valence electrons. The summed E-state index contributed by atoms with van der Waals surface area (Å²) in [6.45, 7) is 3.94. The van der Waals surface area contributed by atoms with Crippen molar-refractivity contribution in [3.05, 3.63) is 27.5 Å². The monoisotopic (exact) mass is 303 g/mol. The lowest BCUT2D eigenvalue weighted by atomic mass is 10.1. The van der Waals surface area contributed by atoms with E-state index < -0.39 is 15.9 Å². The van der Waals surface area contributed by atoms with Crippen LogP contribution in [0.4, 0.5) is 0 Å². The molecular weight excluding hydrogens is 282 g/mol. The fourth-order valence-corrected chi connectivity index (χ4v) is 2.79. The van der Waals surface area contributed by atoms with Gasteiger partial charge < -0.3 is 5.11 Å². The van der Waals surface area contributed by atoms with Crippen molar-refractivity contribution in [2.45, 2.75) is 51.8 Å². The van der Waals surface area contributed by atoms with Crippen molar-refractivity contribution in [2.24, 2.45) is 0 Å². The molecule has 0 saturated heterocycles. The third kappa shape index (κ3) is 4.64. The maximum absolute atomic E-state index is 11.8. The maximum atomic E-state index is 11.8. The van der Waals surface area contributed by atoms with Crippen LogP contribution in [0.15, 0.2) is 10.9 Å². The topological polar surface area (TPSA) is 96.6 Å². The van der Waals surface area contributed by atoms with Gasteiger partial charge in [0.05, 0.1) is 0 Å². The molecule has 1 heterocycles. The Kier molecular flexibility index (Phi) is 5.76. The summed E-state index contributed by atoms with van der Waals surface area (Å²) in [6, 6.07) is 1.28. The molecule has 0 spiro atoms. The van der Waals surface area contributed by atoms with E-state index in [1.165, 1.54) is 13.0 Å². The average Bonchev–Trinajstić information content (AvgIpc) is 2.32. The molecule has 0 atom stereocenters. The van der Waals surface area contributed by atoms with Gasteiger partial charge in [-0.15, -0.1) is 0 Å². The number of aromatic hydroxyl groups is 1. The summed E-state index contributed by atoms with van der Waals surface area (Å²) < 4.78 is 32.0. The van der Waals surface area contributed by atoms with Gasteiger partial charge in [0.2, 0.25) is 0 Å². The standard InChI is InChI=1S/C13H21NO5S/c1-3-4-5-6-7-14-12(15)8-10(2)11(13(14)16)9-20(17,18)19/h8,16H,3-7,9H2,1-2H3,(H,17,18,19). The van der Waals surface area contributed by atoms with E-state index in [-0.39, 0.29) is 17.0 Å². The normalized spacial score (nSPS) is 11.8. The molecule has 1 aromatic heterocycles. The summed E-state index contributed by atoms with van der Waals surface area (Å²) in [6.07, 6.45) is 3.77. The molecule has 0 saturated carbocycles. The number of hydrogen-bond acceptors (Lipinski definition) is 4. The van der Waals surface area contributed by atoms with Crippen molar-refractivity contribution in [2.75, 3.05) is 0 Å². The zero-order valence-electron chi connectivity index (χ0n) is 11.8. The quantitative estimate of drug-likeness (QED) is 0.591. The Morgan fingerprint density at radius 1 is 1.25 bits per heavy atom. The summed E-state index contributed by atoms with van der Waals surface area (Å²) in [5, 5.41) is 10.1. The van der Waals surface area contributed by atoms with Crippen LogP contribution in [0.3, 0.4) is 0 Å². The Morgan fingerprint density at radius 3 is 2.45 bits per heavy atom. The Hall–Kier alpha value is -1.34. The molecule has 1 aromatic rings. The molecular formula is C13H21NO5S. The van der Waals surface area contributed by atoms with Gasteiger partial charge in [0.25, 0.3) is 15.7 Å². The first-order valence-electron chi connectivity index (χ1n) is 6.63. The van der Waals surface area contributed by atoms with Crippen LogP contribution < -0.4 is 5.56 Å². The minimum atomic E-state index is -4.26. The van der Waals surface area contributed by atoms with E-state index in [2.05, 4.69) is 6.92 Å². The largest absolute Gasteiger partial charge is 0.494 e. The molecule has 0 aliphatic heterocycles. The molecule has 0 aliphatic rings. The van der Waals surface area contributed by atoms with Gasteiger partial charge in [-0.25, -0.2) is 0 Å². The van der Waals surface area contributed by atoms with Crippen LogP contribution >= 0.6 is 0 Å². The molecule has 0 unspecified atom stereocenters. The van der Waals surface area contributed by atoms with E-state index in [9.17, 15) is 18.3 Å². The summed E-state index contributed by atoms with van der Waals surface area (Å²) >= 11 is 0. The highest BCUT2D eigenvalue weighted by Crippen LogP contribution is 2.21. The second-order valence-corrected chi connectivity index (χ2v) is 6.36. The summed E-state index contributed by atoms with van der Waals surface area (Å²) in [5.74, 6) is -1.07. The zero-order valence-corrected chi connectivity index (χ0v) is 12.6.